The molecule has 1 aliphatic carbocycles. The van der Waals surface area contributed by atoms with E-state index in [1.165, 1.54) is 25.7 Å². The van der Waals surface area contributed by atoms with E-state index >= 15 is 0 Å². The molecule has 0 amide bonds. The molecule has 21 heavy (non-hydrogen) atoms. The number of hydrogen-bond donors (Lipinski definition) is 0. The van der Waals surface area contributed by atoms with Crippen LogP contribution < -0.4 is 0 Å². The van der Waals surface area contributed by atoms with Crippen molar-refractivity contribution >= 4 is 10.2 Å². The second kappa shape index (κ2) is 6.52. The smallest absolute Gasteiger partial charge is 0.281 e. The highest BCUT2D eigenvalue weighted by molar-refractivity contribution is 7.86. The highest BCUT2D eigenvalue weighted by atomic mass is 32.2. The van der Waals surface area contributed by atoms with E-state index in [4.69, 9.17) is 4.74 Å². The van der Waals surface area contributed by atoms with Crippen molar-refractivity contribution in [3.63, 3.8) is 0 Å². The summed E-state index contributed by atoms with van der Waals surface area (Å²) < 4.78 is 34.4. The van der Waals surface area contributed by atoms with Gasteiger partial charge in [-0.3, -0.25) is 0 Å². The Hall–Kier alpha value is -0.170. The van der Waals surface area contributed by atoms with E-state index in [1.54, 1.807) is 15.7 Å². The molecule has 2 saturated heterocycles. The molecule has 0 radical (unpaired) electrons. The summed E-state index contributed by atoms with van der Waals surface area (Å²) in [5.74, 6) is 1.71. The van der Waals surface area contributed by atoms with Gasteiger partial charge in [0.2, 0.25) is 0 Å². The first-order chi connectivity index (χ1) is 10.1. The van der Waals surface area contributed by atoms with Crippen molar-refractivity contribution in [2.45, 2.75) is 38.5 Å². The molecule has 0 aromatic heterocycles. The summed E-state index contributed by atoms with van der Waals surface area (Å²) in [4.78, 5) is 0. The van der Waals surface area contributed by atoms with Gasteiger partial charge in [0.05, 0.1) is 0 Å². The molecule has 122 valence electrons. The van der Waals surface area contributed by atoms with E-state index in [1.807, 2.05) is 0 Å². The van der Waals surface area contributed by atoms with Gasteiger partial charge in [-0.05, 0) is 49.9 Å². The van der Waals surface area contributed by atoms with E-state index in [0.29, 0.717) is 30.8 Å². The van der Waals surface area contributed by atoms with Crippen molar-refractivity contribution in [1.82, 2.24) is 8.61 Å². The summed E-state index contributed by atoms with van der Waals surface area (Å²) in [7, 11) is -1.52. The molecule has 5 nitrogen and oxygen atoms in total. The van der Waals surface area contributed by atoms with Gasteiger partial charge in [-0.1, -0.05) is 6.42 Å². The molecule has 0 aromatic carbocycles. The number of methoxy groups -OCH3 is 1. The number of fused-ring (bicyclic) bond motifs is 2. The lowest BCUT2D eigenvalue weighted by Gasteiger charge is -2.43. The van der Waals surface area contributed by atoms with Gasteiger partial charge in [0, 0.05) is 39.9 Å². The van der Waals surface area contributed by atoms with Crippen LogP contribution in [0.25, 0.3) is 0 Å². The molecule has 0 aromatic rings. The maximum absolute atomic E-state index is 12.9. The second-order valence-electron chi connectivity index (χ2n) is 7.02. The van der Waals surface area contributed by atoms with Crippen molar-refractivity contribution in [2.75, 3.05) is 39.9 Å². The summed E-state index contributed by atoms with van der Waals surface area (Å²) in [6.07, 6.45) is 6.78. The molecule has 3 aliphatic rings. The normalized spacial score (nSPS) is 33.2. The molecule has 0 N–H and O–H groups in total. The average Bonchev–Trinajstić information content (AvgIpc) is 2.48. The zero-order chi connectivity index (χ0) is 14.9. The third-order valence-corrected chi connectivity index (χ3v) is 7.41. The number of piperidine rings is 2. The molecule has 1 saturated carbocycles. The first-order valence-corrected chi connectivity index (χ1v) is 9.73. The van der Waals surface area contributed by atoms with Crippen LogP contribution in [0.3, 0.4) is 0 Å². The molecule has 2 heterocycles. The lowest BCUT2D eigenvalue weighted by Crippen LogP contribution is -2.53. The summed E-state index contributed by atoms with van der Waals surface area (Å²) in [5, 5.41) is 0. The van der Waals surface area contributed by atoms with Gasteiger partial charge in [-0.2, -0.15) is 17.0 Å². The number of ether oxygens (including phenoxy) is 1. The number of nitrogens with zero attached hydrogens (tertiary/aromatic N) is 2. The minimum atomic E-state index is -3.24. The van der Waals surface area contributed by atoms with Crippen LogP contribution in [0.4, 0.5) is 0 Å². The van der Waals surface area contributed by atoms with E-state index < -0.39 is 10.2 Å². The summed E-state index contributed by atoms with van der Waals surface area (Å²) in [5.41, 5.74) is 0. The van der Waals surface area contributed by atoms with Gasteiger partial charge in [-0.15, -0.1) is 0 Å². The standard InChI is InChI=1S/C15H28N2O3S/c1-20-12-13-5-7-16(8-6-13)21(18,19)17-10-14-3-2-4-15(9-14)11-17/h13-15H,2-12H2,1H3. The van der Waals surface area contributed by atoms with Gasteiger partial charge >= 0.3 is 0 Å². The summed E-state index contributed by atoms with van der Waals surface area (Å²) in [6.45, 7) is 3.56. The Morgan fingerprint density at radius 3 is 2.19 bits per heavy atom. The van der Waals surface area contributed by atoms with Gasteiger partial charge in [-0.25, -0.2) is 0 Å². The minimum absolute atomic E-state index is 0.516. The largest absolute Gasteiger partial charge is 0.384 e. The van der Waals surface area contributed by atoms with E-state index in [0.717, 1.165) is 32.5 Å². The maximum Gasteiger partial charge on any atom is 0.281 e. The molecule has 2 unspecified atom stereocenters. The molecule has 2 aliphatic heterocycles. The zero-order valence-electron chi connectivity index (χ0n) is 13.0. The zero-order valence-corrected chi connectivity index (χ0v) is 13.9. The van der Waals surface area contributed by atoms with Crippen LogP contribution in [0.5, 0.6) is 0 Å². The Kier molecular flexibility index (Phi) is 4.88. The average molecular weight is 316 g/mol. The molecular formula is C15H28N2O3S. The van der Waals surface area contributed by atoms with Gasteiger partial charge in [0.25, 0.3) is 10.2 Å². The molecule has 3 rings (SSSR count). The summed E-state index contributed by atoms with van der Waals surface area (Å²) >= 11 is 0. The molecule has 3 fully saturated rings. The Morgan fingerprint density at radius 1 is 1.00 bits per heavy atom. The van der Waals surface area contributed by atoms with Crippen LogP contribution in [-0.2, 0) is 14.9 Å². The van der Waals surface area contributed by atoms with Crippen LogP contribution >= 0.6 is 0 Å². The first kappa shape index (κ1) is 15.7. The van der Waals surface area contributed by atoms with Crippen LogP contribution in [-0.4, -0.2) is 56.9 Å². The number of hydrogen-bond acceptors (Lipinski definition) is 3. The molecule has 2 bridgehead atoms. The third-order valence-electron chi connectivity index (χ3n) is 5.44. The SMILES string of the molecule is COCC1CCN(S(=O)(=O)N2CC3CCCC(C3)C2)CC1. The van der Waals surface area contributed by atoms with Crippen LogP contribution in [0, 0.1) is 17.8 Å². The fourth-order valence-electron chi connectivity index (χ4n) is 4.28. The minimum Gasteiger partial charge on any atom is -0.384 e. The second-order valence-corrected chi connectivity index (χ2v) is 8.95. The van der Waals surface area contributed by atoms with Crippen molar-refractivity contribution < 1.29 is 13.2 Å². The van der Waals surface area contributed by atoms with Crippen LogP contribution in [0.15, 0.2) is 0 Å². The Labute approximate surface area is 128 Å². The van der Waals surface area contributed by atoms with Crippen LogP contribution in [0.1, 0.15) is 38.5 Å². The van der Waals surface area contributed by atoms with Crippen molar-refractivity contribution in [3.8, 4) is 0 Å². The monoisotopic (exact) mass is 316 g/mol. The maximum atomic E-state index is 12.9. The van der Waals surface area contributed by atoms with E-state index in [-0.39, 0.29) is 0 Å². The molecule has 2 atom stereocenters. The fraction of sp³-hybridized carbons (Fsp3) is 1.00. The highest BCUT2D eigenvalue weighted by Crippen LogP contribution is 2.36. The third kappa shape index (κ3) is 3.44. The highest BCUT2D eigenvalue weighted by Gasteiger charge is 2.39. The Morgan fingerprint density at radius 2 is 1.62 bits per heavy atom. The molecule has 0 spiro atoms. The number of rotatable bonds is 4. The molecular weight excluding hydrogens is 288 g/mol. The quantitative estimate of drug-likeness (QED) is 0.793. The summed E-state index contributed by atoms with van der Waals surface area (Å²) in [6, 6.07) is 0. The van der Waals surface area contributed by atoms with Crippen molar-refractivity contribution in [1.29, 1.82) is 0 Å². The lowest BCUT2D eigenvalue weighted by atomic mass is 9.79. The van der Waals surface area contributed by atoms with E-state index in [9.17, 15) is 8.42 Å². The van der Waals surface area contributed by atoms with Gasteiger partial charge in [0.1, 0.15) is 0 Å². The predicted octanol–water partition coefficient (Wildman–Crippen LogP) is 1.71. The van der Waals surface area contributed by atoms with Crippen molar-refractivity contribution in [2.24, 2.45) is 17.8 Å². The van der Waals surface area contributed by atoms with Crippen molar-refractivity contribution in [3.05, 3.63) is 0 Å². The van der Waals surface area contributed by atoms with Gasteiger partial charge < -0.3 is 4.74 Å². The fourth-order valence-corrected chi connectivity index (χ4v) is 6.08. The predicted molar refractivity (Wildman–Crippen MR) is 82.1 cm³/mol. The topological polar surface area (TPSA) is 49.9 Å². The first-order valence-electron chi connectivity index (χ1n) is 8.33. The Balaban J connectivity index is 1.61. The van der Waals surface area contributed by atoms with E-state index in [2.05, 4.69) is 0 Å². The van der Waals surface area contributed by atoms with Crippen LogP contribution in [0.2, 0.25) is 0 Å². The van der Waals surface area contributed by atoms with Gasteiger partial charge in [0.15, 0.2) is 0 Å². The lowest BCUT2D eigenvalue weighted by molar-refractivity contribution is 0.112. The molecule has 6 heteroatoms. The Bertz CT molecular complexity index is 434.